The summed E-state index contributed by atoms with van der Waals surface area (Å²) in [5.41, 5.74) is 2.83. The van der Waals surface area contributed by atoms with Crippen molar-refractivity contribution in [1.82, 2.24) is 19.5 Å². The van der Waals surface area contributed by atoms with Gasteiger partial charge >= 0.3 is 0 Å². The number of anilines is 1. The van der Waals surface area contributed by atoms with E-state index in [0.717, 1.165) is 21.7 Å². The highest BCUT2D eigenvalue weighted by Gasteiger charge is 2.19. The van der Waals surface area contributed by atoms with Crippen molar-refractivity contribution in [3.63, 3.8) is 0 Å². The summed E-state index contributed by atoms with van der Waals surface area (Å²) in [4.78, 5) is 39.5. The molecule has 1 amide bonds. The number of aromatic amines is 1. The van der Waals surface area contributed by atoms with Crippen LogP contribution in [-0.4, -0.2) is 25.4 Å². The highest BCUT2D eigenvalue weighted by Crippen LogP contribution is 2.29. The molecule has 0 bridgehead atoms. The number of benzene rings is 1. The van der Waals surface area contributed by atoms with Gasteiger partial charge in [0.1, 0.15) is 10.7 Å². The monoisotopic (exact) mass is 421 g/mol. The molecule has 2 N–H and O–H groups in total. The topological polar surface area (TPSA) is 92.7 Å². The van der Waals surface area contributed by atoms with Crippen molar-refractivity contribution < 1.29 is 4.79 Å². The zero-order chi connectivity index (χ0) is 20.1. The largest absolute Gasteiger partial charge is 0.337 e. The molecule has 4 heterocycles. The molecule has 144 valence electrons. The molecule has 9 heteroatoms. The first-order valence-electron chi connectivity index (χ1n) is 8.81. The smallest absolute Gasteiger partial charge is 0.266 e. The number of amides is 1. The van der Waals surface area contributed by atoms with Gasteiger partial charge in [0.05, 0.1) is 32.5 Å². The number of H-pyrrole nitrogens is 1. The number of thiophene rings is 2. The minimum atomic E-state index is -0.259. The molecule has 0 saturated carbocycles. The first kappa shape index (κ1) is 17.8. The van der Waals surface area contributed by atoms with Crippen LogP contribution in [-0.2, 0) is 7.05 Å². The summed E-state index contributed by atoms with van der Waals surface area (Å²) in [6.07, 6.45) is 1.47. The third kappa shape index (κ3) is 2.95. The number of hydrogen-bond acceptors (Lipinski definition) is 6. The molecule has 7 nitrogen and oxygen atoms in total. The standard InChI is InChI=1S/C20H15N5O2S2/c1-10-15-19(21-9-25(2)20(15)27)29-16(10)18(26)22-11-5-6-12-13(8-11)24-17(23-12)14-4-3-7-28-14/h3-9H,1-2H3,(H,22,26)(H,23,24). The van der Waals surface area contributed by atoms with Crippen LogP contribution in [0.4, 0.5) is 5.69 Å². The van der Waals surface area contributed by atoms with E-state index in [2.05, 4.69) is 20.3 Å². The van der Waals surface area contributed by atoms with Crippen LogP contribution in [0, 0.1) is 6.92 Å². The maximum Gasteiger partial charge on any atom is 0.266 e. The predicted octanol–water partition coefficient (Wildman–Crippen LogP) is 4.16. The lowest BCUT2D eigenvalue weighted by Crippen LogP contribution is -2.17. The average molecular weight is 422 g/mol. The van der Waals surface area contributed by atoms with E-state index in [1.807, 2.05) is 35.7 Å². The second-order valence-electron chi connectivity index (χ2n) is 6.65. The highest BCUT2D eigenvalue weighted by atomic mass is 32.1. The van der Waals surface area contributed by atoms with Gasteiger partial charge in [-0.15, -0.1) is 22.7 Å². The van der Waals surface area contributed by atoms with Crippen LogP contribution in [0.5, 0.6) is 0 Å². The van der Waals surface area contributed by atoms with Crippen molar-refractivity contribution in [2.75, 3.05) is 5.32 Å². The normalized spacial score (nSPS) is 11.4. The lowest BCUT2D eigenvalue weighted by Gasteiger charge is -2.04. The zero-order valence-electron chi connectivity index (χ0n) is 15.5. The van der Waals surface area contributed by atoms with Crippen LogP contribution < -0.4 is 10.9 Å². The molecule has 0 aliphatic carbocycles. The van der Waals surface area contributed by atoms with Gasteiger partial charge in [-0.3, -0.25) is 9.59 Å². The number of carbonyl (C=O) groups is 1. The fourth-order valence-electron chi connectivity index (χ4n) is 3.23. The third-order valence-electron chi connectivity index (χ3n) is 4.71. The number of carbonyl (C=O) groups excluding carboxylic acids is 1. The molecule has 0 aliphatic heterocycles. The lowest BCUT2D eigenvalue weighted by molar-refractivity contribution is 0.103. The maximum atomic E-state index is 12.9. The third-order valence-corrected chi connectivity index (χ3v) is 6.79. The van der Waals surface area contributed by atoms with Crippen molar-refractivity contribution in [1.29, 1.82) is 0 Å². The number of imidazole rings is 1. The first-order valence-corrected chi connectivity index (χ1v) is 10.5. The maximum absolute atomic E-state index is 12.9. The molecule has 0 atom stereocenters. The Labute approximate surface area is 172 Å². The number of nitrogens with one attached hydrogen (secondary N) is 2. The van der Waals surface area contributed by atoms with Gasteiger partial charge in [0, 0.05) is 12.7 Å². The Bertz CT molecular complexity index is 1440. The molecule has 29 heavy (non-hydrogen) atoms. The van der Waals surface area contributed by atoms with Gasteiger partial charge in [-0.05, 0) is 42.1 Å². The molecule has 0 unspecified atom stereocenters. The Hall–Kier alpha value is -3.30. The molecule has 5 aromatic rings. The van der Waals surface area contributed by atoms with E-state index < -0.39 is 0 Å². The molecular weight excluding hydrogens is 406 g/mol. The van der Waals surface area contributed by atoms with Gasteiger partial charge < -0.3 is 14.9 Å². The van der Waals surface area contributed by atoms with E-state index >= 15 is 0 Å². The van der Waals surface area contributed by atoms with Crippen LogP contribution >= 0.6 is 22.7 Å². The van der Waals surface area contributed by atoms with Gasteiger partial charge in [0.25, 0.3) is 11.5 Å². The van der Waals surface area contributed by atoms with Gasteiger partial charge in [0.2, 0.25) is 0 Å². The van der Waals surface area contributed by atoms with Crippen LogP contribution in [0.25, 0.3) is 32.0 Å². The van der Waals surface area contributed by atoms with Crippen LogP contribution in [0.3, 0.4) is 0 Å². The zero-order valence-corrected chi connectivity index (χ0v) is 17.1. The van der Waals surface area contributed by atoms with Crippen molar-refractivity contribution in [3.05, 3.63) is 62.8 Å². The second kappa shape index (κ2) is 6.64. The summed E-state index contributed by atoms with van der Waals surface area (Å²) >= 11 is 2.84. The lowest BCUT2D eigenvalue weighted by atomic mass is 10.2. The molecule has 0 fully saturated rings. The summed E-state index contributed by atoms with van der Waals surface area (Å²) in [6.45, 7) is 1.78. The van der Waals surface area contributed by atoms with E-state index in [1.54, 1.807) is 25.3 Å². The van der Waals surface area contributed by atoms with Crippen molar-refractivity contribution >= 4 is 55.5 Å². The van der Waals surface area contributed by atoms with E-state index in [0.29, 0.717) is 26.3 Å². The molecular formula is C20H15N5O2S2. The van der Waals surface area contributed by atoms with Crippen LogP contribution in [0.2, 0.25) is 0 Å². The number of fused-ring (bicyclic) bond motifs is 2. The van der Waals surface area contributed by atoms with E-state index in [1.165, 1.54) is 22.2 Å². The Balaban J connectivity index is 1.48. The van der Waals surface area contributed by atoms with Gasteiger partial charge in [-0.1, -0.05) is 6.07 Å². The van der Waals surface area contributed by atoms with Crippen molar-refractivity contribution in [2.24, 2.45) is 7.05 Å². The second-order valence-corrected chi connectivity index (χ2v) is 8.59. The van der Waals surface area contributed by atoms with Crippen LogP contribution in [0.15, 0.2) is 46.8 Å². The van der Waals surface area contributed by atoms with Gasteiger partial charge in [-0.25, -0.2) is 9.97 Å². The predicted molar refractivity (Wildman–Crippen MR) is 117 cm³/mol. The molecule has 0 saturated heterocycles. The number of aromatic nitrogens is 4. The fourth-order valence-corrected chi connectivity index (χ4v) is 4.93. The molecule has 1 aromatic carbocycles. The highest BCUT2D eigenvalue weighted by molar-refractivity contribution is 7.20. The SMILES string of the molecule is Cc1c(C(=O)Nc2ccc3nc(-c4cccs4)[nH]c3c2)sc2ncn(C)c(=O)c12. The molecule has 0 aliphatic rings. The number of aryl methyl sites for hydroxylation is 2. The Morgan fingerprint density at radius 2 is 2.14 bits per heavy atom. The Morgan fingerprint density at radius 1 is 1.28 bits per heavy atom. The molecule has 5 rings (SSSR count). The summed E-state index contributed by atoms with van der Waals surface area (Å²) in [6, 6.07) is 9.53. The van der Waals surface area contributed by atoms with E-state index in [-0.39, 0.29) is 11.5 Å². The van der Waals surface area contributed by atoms with Gasteiger partial charge in [-0.2, -0.15) is 0 Å². The minimum Gasteiger partial charge on any atom is -0.337 e. The fraction of sp³-hybridized carbons (Fsp3) is 0.100. The molecule has 0 radical (unpaired) electrons. The minimum absolute atomic E-state index is 0.150. The summed E-state index contributed by atoms with van der Waals surface area (Å²) in [5, 5.41) is 5.42. The quantitative estimate of drug-likeness (QED) is 0.457. The Morgan fingerprint density at radius 3 is 2.93 bits per heavy atom. The van der Waals surface area contributed by atoms with Crippen molar-refractivity contribution in [2.45, 2.75) is 6.92 Å². The molecule has 4 aromatic heterocycles. The summed E-state index contributed by atoms with van der Waals surface area (Å²) < 4.78 is 1.42. The van der Waals surface area contributed by atoms with E-state index in [4.69, 9.17) is 0 Å². The number of nitrogens with zero attached hydrogens (tertiary/aromatic N) is 3. The van der Waals surface area contributed by atoms with Gasteiger partial charge in [0.15, 0.2) is 0 Å². The number of hydrogen-bond donors (Lipinski definition) is 2. The van der Waals surface area contributed by atoms with Crippen molar-refractivity contribution in [3.8, 4) is 10.7 Å². The summed E-state index contributed by atoms with van der Waals surface area (Å²) in [7, 11) is 1.65. The average Bonchev–Trinajstić information content (AvgIpc) is 3.43. The molecule has 0 spiro atoms. The number of rotatable bonds is 3. The first-order chi connectivity index (χ1) is 14.0. The summed E-state index contributed by atoms with van der Waals surface area (Å²) in [5.74, 6) is 0.547. The Kier molecular flexibility index (Phi) is 4.07. The van der Waals surface area contributed by atoms with E-state index in [9.17, 15) is 9.59 Å². The van der Waals surface area contributed by atoms with Crippen LogP contribution in [0.1, 0.15) is 15.2 Å².